The van der Waals surface area contributed by atoms with Gasteiger partial charge in [0.05, 0.1) is 36.2 Å². The molecule has 2 aromatic carbocycles. The van der Waals surface area contributed by atoms with E-state index in [2.05, 4.69) is 4.57 Å². The Morgan fingerprint density at radius 1 is 1.00 bits per heavy atom. The Morgan fingerprint density at radius 3 is 2.40 bits per heavy atom. The van der Waals surface area contributed by atoms with E-state index in [-0.39, 0.29) is 0 Å². The van der Waals surface area contributed by atoms with Crippen molar-refractivity contribution < 1.29 is 17.6 Å². The number of furan rings is 1. The third kappa shape index (κ3) is 5.12. The van der Waals surface area contributed by atoms with Crippen LogP contribution < -0.4 is 9.54 Å². The van der Waals surface area contributed by atoms with Crippen LogP contribution in [0.3, 0.4) is 0 Å². The van der Waals surface area contributed by atoms with Crippen LogP contribution in [0, 0.1) is 0 Å². The van der Waals surface area contributed by atoms with Gasteiger partial charge in [0.1, 0.15) is 11.5 Å². The summed E-state index contributed by atoms with van der Waals surface area (Å²) < 4.78 is 40.6. The highest BCUT2D eigenvalue weighted by molar-refractivity contribution is 7.89. The van der Waals surface area contributed by atoms with Gasteiger partial charge in [0, 0.05) is 18.5 Å². The van der Waals surface area contributed by atoms with Crippen LogP contribution in [0.5, 0.6) is 5.75 Å². The van der Waals surface area contributed by atoms with Crippen LogP contribution in [0.2, 0.25) is 0 Å². The van der Waals surface area contributed by atoms with Gasteiger partial charge in [-0.1, -0.05) is 18.6 Å². The quantitative estimate of drug-likeness (QED) is 0.340. The fraction of sp³-hybridized carbons (Fsp3) is 0.269. The molecule has 9 heteroatoms. The molecule has 5 rings (SSSR count). The van der Waals surface area contributed by atoms with Gasteiger partial charge >= 0.3 is 0 Å². The zero-order valence-corrected chi connectivity index (χ0v) is 21.1. The van der Waals surface area contributed by atoms with E-state index in [4.69, 9.17) is 14.1 Å². The number of hydrogen-bond donors (Lipinski definition) is 0. The van der Waals surface area contributed by atoms with Crippen molar-refractivity contribution in [3.63, 3.8) is 0 Å². The zero-order valence-electron chi connectivity index (χ0n) is 19.5. The summed E-state index contributed by atoms with van der Waals surface area (Å²) in [7, 11) is -1.83. The lowest BCUT2D eigenvalue weighted by Gasteiger charge is -2.25. The number of thiazole rings is 1. The number of aromatic nitrogens is 1. The van der Waals surface area contributed by atoms with E-state index in [1.807, 2.05) is 53.9 Å². The molecule has 1 fully saturated rings. The van der Waals surface area contributed by atoms with Crippen molar-refractivity contribution in [2.45, 2.75) is 30.7 Å². The van der Waals surface area contributed by atoms with Crippen LogP contribution in [0.4, 0.5) is 5.69 Å². The minimum atomic E-state index is -3.47. The van der Waals surface area contributed by atoms with Crippen LogP contribution in [-0.2, 0) is 16.6 Å². The largest absolute Gasteiger partial charge is 0.497 e. The van der Waals surface area contributed by atoms with Crippen LogP contribution >= 0.6 is 11.3 Å². The number of benzene rings is 2. The predicted molar refractivity (Wildman–Crippen MR) is 136 cm³/mol. The van der Waals surface area contributed by atoms with Crippen molar-refractivity contribution in [3.05, 3.63) is 82.9 Å². The van der Waals surface area contributed by atoms with Crippen LogP contribution in [0.1, 0.15) is 25.0 Å². The molecule has 0 unspecified atom stereocenters. The Kier molecular flexibility index (Phi) is 6.90. The first-order valence-corrected chi connectivity index (χ1v) is 13.9. The second kappa shape index (κ2) is 10.2. The van der Waals surface area contributed by atoms with Gasteiger partial charge in [0.2, 0.25) is 10.0 Å². The number of nitrogens with zero attached hydrogens (tertiary/aromatic N) is 3. The van der Waals surface area contributed by atoms with Gasteiger partial charge in [-0.3, -0.25) is 0 Å². The third-order valence-corrected chi connectivity index (χ3v) is 8.87. The molecule has 0 spiro atoms. The van der Waals surface area contributed by atoms with E-state index in [1.54, 1.807) is 29.8 Å². The molecular weight excluding hydrogens is 482 g/mol. The average Bonchev–Trinajstić information content (AvgIpc) is 3.56. The lowest BCUT2D eigenvalue weighted by Crippen LogP contribution is -2.35. The van der Waals surface area contributed by atoms with Gasteiger partial charge in [0.15, 0.2) is 4.80 Å². The molecule has 3 heterocycles. The number of sulfonamides is 1. The van der Waals surface area contributed by atoms with Gasteiger partial charge < -0.3 is 13.7 Å². The van der Waals surface area contributed by atoms with Crippen LogP contribution in [-0.4, -0.2) is 37.5 Å². The van der Waals surface area contributed by atoms with Crippen molar-refractivity contribution in [1.29, 1.82) is 0 Å². The molecule has 2 aromatic heterocycles. The van der Waals surface area contributed by atoms with Crippen molar-refractivity contribution in [2.75, 3.05) is 20.2 Å². The van der Waals surface area contributed by atoms with Crippen molar-refractivity contribution in [3.8, 4) is 17.0 Å². The number of piperidine rings is 1. The van der Waals surface area contributed by atoms with Crippen molar-refractivity contribution in [1.82, 2.24) is 8.87 Å². The Hall–Kier alpha value is -3.14. The molecule has 0 amide bonds. The number of rotatable bonds is 7. The first kappa shape index (κ1) is 23.6. The molecule has 1 aliphatic heterocycles. The molecule has 35 heavy (non-hydrogen) atoms. The summed E-state index contributed by atoms with van der Waals surface area (Å²) in [6, 6.07) is 18.5. The maximum atomic E-state index is 13.1. The summed E-state index contributed by atoms with van der Waals surface area (Å²) in [5, 5.41) is 2.04. The molecular formula is C26H27N3O4S2. The first-order chi connectivity index (χ1) is 17.0. The minimum Gasteiger partial charge on any atom is -0.497 e. The molecule has 0 saturated carbocycles. The van der Waals surface area contributed by atoms with E-state index >= 15 is 0 Å². The molecule has 0 bridgehead atoms. The molecule has 182 valence electrons. The lowest BCUT2D eigenvalue weighted by atomic mass is 10.2. The zero-order chi connectivity index (χ0) is 24.3. The molecule has 1 saturated heterocycles. The Bertz CT molecular complexity index is 1430. The fourth-order valence-corrected chi connectivity index (χ4v) is 6.63. The lowest BCUT2D eigenvalue weighted by molar-refractivity contribution is 0.346. The summed E-state index contributed by atoms with van der Waals surface area (Å²) in [5.74, 6) is 1.59. The summed E-state index contributed by atoms with van der Waals surface area (Å²) in [6.45, 7) is 1.69. The highest BCUT2D eigenvalue weighted by Crippen LogP contribution is 2.26. The van der Waals surface area contributed by atoms with Gasteiger partial charge in [0.25, 0.3) is 0 Å². The second-order valence-electron chi connectivity index (χ2n) is 8.37. The molecule has 7 nitrogen and oxygen atoms in total. The summed E-state index contributed by atoms with van der Waals surface area (Å²) in [4.78, 5) is 5.99. The Balaban J connectivity index is 1.51. The normalized spacial score (nSPS) is 15.4. The van der Waals surface area contributed by atoms with Gasteiger partial charge in [-0.25, -0.2) is 13.4 Å². The summed E-state index contributed by atoms with van der Waals surface area (Å²) in [6.07, 6.45) is 4.57. The first-order valence-electron chi connectivity index (χ1n) is 11.5. The van der Waals surface area contributed by atoms with Gasteiger partial charge in [-0.2, -0.15) is 4.31 Å². The molecule has 0 aliphatic carbocycles. The number of methoxy groups -OCH3 is 1. The SMILES string of the molecule is COc1ccc(N=c2scc(-c3ccc(S(=O)(=O)N4CCCCC4)cc3)n2Cc2ccco2)cc1. The third-order valence-electron chi connectivity index (χ3n) is 6.09. The smallest absolute Gasteiger partial charge is 0.243 e. The van der Waals surface area contributed by atoms with Gasteiger partial charge in [-0.05, 0) is 66.9 Å². The van der Waals surface area contributed by atoms with E-state index in [0.717, 1.165) is 52.5 Å². The predicted octanol–water partition coefficient (Wildman–Crippen LogP) is 5.27. The standard InChI is InChI=1S/C26H27N3O4S2/c1-32-22-11-9-21(10-12-22)27-26-29(18-23-6-5-17-33-23)25(19-34-26)20-7-13-24(14-8-20)35(30,31)28-15-3-2-4-16-28/h5-14,17,19H,2-4,15-16,18H2,1H3. The average molecular weight is 510 g/mol. The summed E-state index contributed by atoms with van der Waals surface area (Å²) in [5.41, 5.74) is 2.68. The minimum absolute atomic E-state index is 0.333. The Morgan fingerprint density at radius 2 is 1.74 bits per heavy atom. The second-order valence-corrected chi connectivity index (χ2v) is 11.1. The fourth-order valence-electron chi connectivity index (χ4n) is 4.18. The molecule has 0 N–H and O–H groups in total. The molecule has 0 atom stereocenters. The van der Waals surface area contributed by atoms with Crippen molar-refractivity contribution in [2.24, 2.45) is 4.99 Å². The van der Waals surface area contributed by atoms with Crippen LogP contribution in [0.15, 0.2) is 86.6 Å². The van der Waals surface area contributed by atoms with Crippen LogP contribution in [0.25, 0.3) is 11.3 Å². The molecule has 1 aliphatic rings. The van der Waals surface area contributed by atoms with Crippen molar-refractivity contribution >= 4 is 27.0 Å². The van der Waals surface area contributed by atoms with E-state index in [0.29, 0.717) is 24.5 Å². The monoisotopic (exact) mass is 509 g/mol. The van der Waals surface area contributed by atoms with E-state index in [9.17, 15) is 8.42 Å². The topological polar surface area (TPSA) is 77.0 Å². The Labute approximate surface area is 209 Å². The molecule has 0 radical (unpaired) electrons. The van der Waals surface area contributed by atoms with Gasteiger partial charge in [-0.15, -0.1) is 11.3 Å². The maximum Gasteiger partial charge on any atom is 0.243 e. The number of ether oxygens (including phenoxy) is 1. The maximum absolute atomic E-state index is 13.1. The highest BCUT2D eigenvalue weighted by atomic mass is 32.2. The highest BCUT2D eigenvalue weighted by Gasteiger charge is 2.25. The molecule has 4 aromatic rings. The van der Waals surface area contributed by atoms with E-state index < -0.39 is 10.0 Å². The number of hydrogen-bond acceptors (Lipinski definition) is 6. The summed E-state index contributed by atoms with van der Waals surface area (Å²) >= 11 is 1.53. The van der Waals surface area contributed by atoms with E-state index in [1.165, 1.54) is 11.3 Å².